The van der Waals surface area contributed by atoms with Gasteiger partial charge in [-0.05, 0) is 54.7 Å². The van der Waals surface area contributed by atoms with Gasteiger partial charge in [-0.25, -0.2) is 8.42 Å². The molecule has 0 aliphatic carbocycles. The Kier molecular flexibility index (Phi) is 6.58. The first kappa shape index (κ1) is 24.1. The molecule has 1 aliphatic heterocycles. The number of likely N-dealkylation sites (tertiary alicyclic amines) is 1. The highest BCUT2D eigenvalue weighted by atomic mass is 32.2. The molecule has 6 nitrogen and oxygen atoms in total. The molecule has 1 atom stereocenters. The van der Waals surface area contributed by atoms with Crippen molar-refractivity contribution in [2.24, 2.45) is 0 Å². The summed E-state index contributed by atoms with van der Waals surface area (Å²) in [5.74, 6) is -0.416. The van der Waals surface area contributed by atoms with E-state index in [9.17, 15) is 21.6 Å². The number of likely N-dealkylation sites (N-methyl/N-ethyl adjacent to an activating group) is 1. The smallest absolute Gasteiger partial charge is 0.419 e. The van der Waals surface area contributed by atoms with E-state index in [1.54, 1.807) is 35.7 Å². The zero-order chi connectivity index (χ0) is 24.5. The Morgan fingerprint density at radius 3 is 2.68 bits per heavy atom. The van der Waals surface area contributed by atoms with Gasteiger partial charge in [0.05, 0.1) is 22.9 Å². The summed E-state index contributed by atoms with van der Waals surface area (Å²) in [6.07, 6.45) is -4.50. The third kappa shape index (κ3) is 5.19. The van der Waals surface area contributed by atoms with Gasteiger partial charge in [-0.3, -0.25) is 4.72 Å². The van der Waals surface area contributed by atoms with E-state index in [1.165, 1.54) is 0 Å². The number of rotatable bonds is 6. The molecule has 1 aliphatic rings. The number of anilines is 1. The van der Waals surface area contributed by atoms with E-state index in [0.717, 1.165) is 29.5 Å². The highest BCUT2D eigenvalue weighted by Crippen LogP contribution is 2.40. The SMILES string of the molecule is CN1CC[C@@H](Oc2cc(NS(=O)(=O)c3sccc3-c3cccc(C#N)c3)ccc2C(F)(F)F)C1. The molecule has 0 amide bonds. The van der Waals surface area contributed by atoms with Gasteiger partial charge in [-0.1, -0.05) is 12.1 Å². The van der Waals surface area contributed by atoms with Crippen molar-refractivity contribution in [3.8, 4) is 22.9 Å². The van der Waals surface area contributed by atoms with Crippen LogP contribution in [0.5, 0.6) is 5.75 Å². The minimum atomic E-state index is -4.65. The summed E-state index contributed by atoms with van der Waals surface area (Å²) in [4.78, 5) is 1.95. The zero-order valence-electron chi connectivity index (χ0n) is 18.0. The molecule has 1 saturated heterocycles. The van der Waals surface area contributed by atoms with Crippen molar-refractivity contribution < 1.29 is 26.3 Å². The summed E-state index contributed by atoms with van der Waals surface area (Å²) in [6, 6.07) is 13.1. The van der Waals surface area contributed by atoms with Crippen LogP contribution in [0.3, 0.4) is 0 Å². The summed E-state index contributed by atoms with van der Waals surface area (Å²) >= 11 is 0.972. The van der Waals surface area contributed by atoms with Crippen LogP contribution in [0.4, 0.5) is 18.9 Å². The number of benzene rings is 2. The highest BCUT2D eigenvalue weighted by Gasteiger charge is 2.36. The summed E-state index contributed by atoms with van der Waals surface area (Å²) in [5.41, 5.74) is 0.311. The summed E-state index contributed by atoms with van der Waals surface area (Å²) in [6.45, 7) is 1.18. The third-order valence-electron chi connectivity index (χ3n) is 5.36. The topological polar surface area (TPSA) is 82.4 Å². The first-order chi connectivity index (χ1) is 16.1. The Balaban J connectivity index is 1.65. The normalized spacial score (nSPS) is 16.9. The Labute approximate surface area is 199 Å². The average Bonchev–Trinajstić information content (AvgIpc) is 3.42. The van der Waals surface area contributed by atoms with E-state index in [4.69, 9.17) is 10.00 Å². The molecule has 4 rings (SSSR count). The van der Waals surface area contributed by atoms with E-state index in [0.29, 0.717) is 36.2 Å². The molecular formula is C23H20F3N3O3S2. The molecule has 1 aromatic heterocycles. The Bertz CT molecular complexity index is 1350. The lowest BCUT2D eigenvalue weighted by molar-refractivity contribution is -0.139. The standard InChI is InChI=1S/C23H20F3N3O3S2/c1-29-9-7-18(14-29)32-21-12-17(5-6-20(21)23(24,25)26)28-34(30,31)22-19(8-10-33-22)16-4-2-3-15(11-16)13-27/h2-6,8,10-12,18,28H,7,9,14H2,1H3/t18-/m1/s1. The van der Waals surface area contributed by atoms with Crippen molar-refractivity contribution in [1.29, 1.82) is 5.26 Å². The minimum absolute atomic E-state index is 0.0117. The maximum absolute atomic E-state index is 13.5. The van der Waals surface area contributed by atoms with E-state index >= 15 is 0 Å². The number of nitriles is 1. The fraction of sp³-hybridized carbons (Fsp3) is 0.261. The number of ether oxygens (including phenoxy) is 1. The molecule has 11 heteroatoms. The van der Waals surface area contributed by atoms with Gasteiger partial charge < -0.3 is 9.64 Å². The second-order valence-electron chi connectivity index (χ2n) is 7.92. The zero-order valence-corrected chi connectivity index (χ0v) is 19.6. The molecular weight excluding hydrogens is 487 g/mol. The molecule has 1 fully saturated rings. The van der Waals surface area contributed by atoms with Crippen molar-refractivity contribution in [3.63, 3.8) is 0 Å². The number of hydrogen-bond acceptors (Lipinski definition) is 6. The van der Waals surface area contributed by atoms with E-state index in [-0.39, 0.29) is 9.90 Å². The number of thiophene rings is 1. The number of hydrogen-bond donors (Lipinski definition) is 1. The van der Waals surface area contributed by atoms with Crippen LogP contribution < -0.4 is 9.46 Å². The van der Waals surface area contributed by atoms with Crippen LogP contribution in [0.2, 0.25) is 0 Å². The quantitative estimate of drug-likeness (QED) is 0.497. The number of sulfonamides is 1. The average molecular weight is 508 g/mol. The van der Waals surface area contributed by atoms with Crippen LogP contribution in [0.1, 0.15) is 17.5 Å². The molecule has 2 heterocycles. The second kappa shape index (κ2) is 9.29. The first-order valence-corrected chi connectivity index (χ1v) is 12.6. The summed E-state index contributed by atoms with van der Waals surface area (Å²) in [7, 11) is -2.28. The molecule has 2 aromatic carbocycles. The van der Waals surface area contributed by atoms with Crippen molar-refractivity contribution in [1.82, 2.24) is 4.90 Å². The number of halogens is 3. The van der Waals surface area contributed by atoms with Gasteiger partial charge >= 0.3 is 6.18 Å². The third-order valence-corrected chi connectivity index (χ3v) is 8.22. The van der Waals surface area contributed by atoms with Gasteiger partial charge in [0.2, 0.25) is 0 Å². The van der Waals surface area contributed by atoms with Crippen LogP contribution in [0.25, 0.3) is 11.1 Å². The van der Waals surface area contributed by atoms with Gasteiger partial charge in [0.15, 0.2) is 0 Å². The molecule has 0 saturated carbocycles. The van der Waals surface area contributed by atoms with Crippen molar-refractivity contribution in [3.05, 3.63) is 65.0 Å². The maximum atomic E-state index is 13.5. The molecule has 0 spiro atoms. The first-order valence-electron chi connectivity index (χ1n) is 10.2. The molecule has 178 valence electrons. The minimum Gasteiger partial charge on any atom is -0.488 e. The fourth-order valence-corrected chi connectivity index (χ4v) is 6.21. The predicted molar refractivity (Wildman–Crippen MR) is 123 cm³/mol. The van der Waals surface area contributed by atoms with Gasteiger partial charge in [0.25, 0.3) is 10.0 Å². The van der Waals surface area contributed by atoms with Crippen LogP contribution in [-0.2, 0) is 16.2 Å². The molecule has 0 radical (unpaired) electrons. The molecule has 0 unspecified atom stereocenters. The lowest BCUT2D eigenvalue weighted by Gasteiger charge is -2.19. The van der Waals surface area contributed by atoms with Crippen molar-refractivity contribution in [2.45, 2.75) is 22.9 Å². The lowest BCUT2D eigenvalue weighted by atomic mass is 10.1. The highest BCUT2D eigenvalue weighted by molar-refractivity contribution is 7.94. The van der Waals surface area contributed by atoms with E-state index < -0.39 is 33.6 Å². The molecule has 0 bridgehead atoms. The van der Waals surface area contributed by atoms with Crippen LogP contribution >= 0.6 is 11.3 Å². The number of alkyl halides is 3. The van der Waals surface area contributed by atoms with Gasteiger partial charge in [0, 0.05) is 24.7 Å². The van der Waals surface area contributed by atoms with Crippen LogP contribution in [-0.4, -0.2) is 39.6 Å². The van der Waals surface area contributed by atoms with Crippen molar-refractivity contribution >= 4 is 27.0 Å². The fourth-order valence-electron chi connectivity index (χ4n) is 3.76. The van der Waals surface area contributed by atoms with Crippen molar-refractivity contribution in [2.75, 3.05) is 24.9 Å². The van der Waals surface area contributed by atoms with Gasteiger partial charge in [0.1, 0.15) is 16.1 Å². The predicted octanol–water partition coefficient (Wildman–Crippen LogP) is 5.19. The molecule has 34 heavy (non-hydrogen) atoms. The molecule has 3 aromatic rings. The monoisotopic (exact) mass is 507 g/mol. The van der Waals surface area contributed by atoms with E-state index in [2.05, 4.69) is 4.72 Å². The molecule has 1 N–H and O–H groups in total. The van der Waals surface area contributed by atoms with Gasteiger partial charge in [-0.15, -0.1) is 11.3 Å². The maximum Gasteiger partial charge on any atom is 0.419 e. The number of nitrogens with one attached hydrogen (secondary N) is 1. The Morgan fingerprint density at radius 2 is 2.00 bits per heavy atom. The Hall–Kier alpha value is -3.07. The summed E-state index contributed by atoms with van der Waals surface area (Å²) in [5, 5.41) is 10.7. The second-order valence-corrected chi connectivity index (χ2v) is 10.7. The van der Waals surface area contributed by atoms with E-state index in [1.807, 2.05) is 18.0 Å². The largest absolute Gasteiger partial charge is 0.488 e. The summed E-state index contributed by atoms with van der Waals surface area (Å²) < 4.78 is 74.9. The van der Waals surface area contributed by atoms with Gasteiger partial charge in [-0.2, -0.15) is 18.4 Å². The van der Waals surface area contributed by atoms with Crippen LogP contribution in [0, 0.1) is 11.3 Å². The van der Waals surface area contributed by atoms with Crippen LogP contribution in [0.15, 0.2) is 58.1 Å². The lowest BCUT2D eigenvalue weighted by Crippen LogP contribution is -2.23. The number of nitrogens with zero attached hydrogens (tertiary/aromatic N) is 2. The Morgan fingerprint density at radius 1 is 1.21 bits per heavy atom.